The van der Waals surface area contributed by atoms with Gasteiger partial charge in [0.1, 0.15) is 0 Å². The smallest absolute Gasteiger partial charge is 0.861 e. The summed E-state index contributed by atoms with van der Waals surface area (Å²) >= 11 is 6.05. The van der Waals surface area contributed by atoms with Crippen molar-refractivity contribution in [2.75, 3.05) is 26.2 Å². The van der Waals surface area contributed by atoms with Crippen LogP contribution in [0.25, 0.3) is 0 Å². The van der Waals surface area contributed by atoms with Crippen LogP contribution in [-0.2, 0) is 21.3 Å². The van der Waals surface area contributed by atoms with Gasteiger partial charge < -0.3 is 20.1 Å². The van der Waals surface area contributed by atoms with Gasteiger partial charge >= 0.3 is 16.5 Å². The molecule has 3 aromatic carbocycles. The van der Waals surface area contributed by atoms with Crippen molar-refractivity contribution >= 4 is 34.9 Å². The minimum absolute atomic E-state index is 0. The van der Waals surface area contributed by atoms with Crippen LogP contribution in [0, 0.1) is 0 Å². The molecule has 0 spiro atoms. The molecule has 1 saturated heterocycles. The molecule has 0 aliphatic carbocycles. The number of halogens is 1. The normalized spacial score (nSPS) is 16.1. The Balaban J connectivity index is 0.00000441. The number of aliphatic hydroxyl groups is 1. The van der Waals surface area contributed by atoms with Crippen LogP contribution in [0.3, 0.4) is 0 Å². The summed E-state index contributed by atoms with van der Waals surface area (Å²) in [5.74, 6) is -2.29. The number of carboxylic acid groups (broad SMARTS) is 1. The van der Waals surface area contributed by atoms with Crippen LogP contribution < -0.4 is 10.2 Å². The molecule has 0 unspecified atom stereocenters. The predicted molar refractivity (Wildman–Crippen MR) is 151 cm³/mol. The average Bonchev–Trinajstić information content (AvgIpc) is 2.95. The maximum atomic E-state index is 12.9. The molecule has 1 N–H and O–H groups in total. The van der Waals surface area contributed by atoms with E-state index in [4.69, 9.17) is 16.6 Å². The number of nitrogens with zero attached hydrogens (tertiary/aromatic N) is 3. The van der Waals surface area contributed by atoms with Crippen molar-refractivity contribution in [1.82, 2.24) is 4.90 Å². The second-order valence-electron chi connectivity index (χ2n) is 9.64. The summed E-state index contributed by atoms with van der Waals surface area (Å²) in [4.78, 5) is 23.8. The number of carbonyl (C=O) groups excluding carboxylic acids is 1. The number of likely N-dealkylation sites (tertiary alicyclic amines) is 1. The van der Waals surface area contributed by atoms with Crippen molar-refractivity contribution in [3.8, 4) is 0 Å². The second kappa shape index (κ2) is 15.7. The topological polar surface area (TPSA) is 111 Å². The molecule has 0 amide bonds. The predicted octanol–water partition coefficient (Wildman–Crippen LogP) is 3.34. The fourth-order valence-electron chi connectivity index (χ4n) is 4.95. The van der Waals surface area contributed by atoms with E-state index < -0.39 is 17.9 Å². The van der Waals surface area contributed by atoms with Crippen LogP contribution in [0.15, 0.2) is 88.8 Å². The minimum Gasteiger partial charge on any atom is -0.861 e. The number of hydrogen-bond donors (Lipinski definition) is 1. The fourth-order valence-corrected chi connectivity index (χ4v) is 5.07. The van der Waals surface area contributed by atoms with Crippen LogP contribution in [0.2, 0.25) is 5.02 Å². The van der Waals surface area contributed by atoms with Crippen molar-refractivity contribution in [3.63, 3.8) is 0 Å². The summed E-state index contributed by atoms with van der Waals surface area (Å²) in [6.45, 7) is 1.76. The summed E-state index contributed by atoms with van der Waals surface area (Å²) < 4.78 is 0. The minimum atomic E-state index is -1.37. The molecule has 0 bridgehead atoms. The molecule has 1 heterocycles. The zero-order chi connectivity index (χ0) is 27.6. The summed E-state index contributed by atoms with van der Waals surface area (Å²) in [6, 6.07) is 21.8. The summed E-state index contributed by atoms with van der Waals surface area (Å²) in [5, 5.41) is 35.8. The van der Waals surface area contributed by atoms with Gasteiger partial charge in [-0.1, -0.05) is 78.7 Å². The van der Waals surface area contributed by atoms with Gasteiger partial charge in [0.2, 0.25) is 0 Å². The number of aliphatic carboxylic acids is 1. The van der Waals surface area contributed by atoms with Gasteiger partial charge in [-0.2, -0.15) is 0 Å². The number of benzene rings is 3. The van der Waals surface area contributed by atoms with Gasteiger partial charge in [0.05, 0.1) is 23.4 Å². The number of carbonyl (C=O) groups is 1. The molecule has 0 radical (unpaired) electrons. The Hall–Kier alpha value is -3.03. The molecule has 212 valence electrons. The Morgan fingerprint density at radius 3 is 2.23 bits per heavy atom. The molecular formula is C31H32ClN3NiO4. The Kier molecular flexibility index (Phi) is 12.3. The number of aliphatic hydroxyl groups excluding tert-OH is 1. The maximum absolute atomic E-state index is 12.9. The molecule has 0 saturated carbocycles. The largest absolute Gasteiger partial charge is 2.00 e. The van der Waals surface area contributed by atoms with Crippen LogP contribution in [-0.4, -0.2) is 59.9 Å². The van der Waals surface area contributed by atoms with E-state index >= 15 is 0 Å². The Labute approximate surface area is 250 Å². The third-order valence-corrected chi connectivity index (χ3v) is 7.14. The van der Waals surface area contributed by atoms with E-state index in [1.165, 1.54) is 6.42 Å². The van der Waals surface area contributed by atoms with E-state index in [0.29, 0.717) is 33.1 Å². The first-order chi connectivity index (χ1) is 19.0. The second-order valence-corrected chi connectivity index (χ2v) is 10.1. The molecule has 40 heavy (non-hydrogen) atoms. The van der Waals surface area contributed by atoms with E-state index in [2.05, 4.69) is 9.89 Å². The average molecular weight is 605 g/mol. The third kappa shape index (κ3) is 8.49. The Morgan fingerprint density at radius 2 is 1.57 bits per heavy atom. The first-order valence-corrected chi connectivity index (χ1v) is 13.6. The number of hydrogen-bond acceptors (Lipinski definition) is 7. The van der Waals surface area contributed by atoms with E-state index in [9.17, 15) is 20.1 Å². The molecule has 9 heteroatoms. The third-order valence-electron chi connectivity index (χ3n) is 6.89. The number of aliphatic imine (C=N–C) groups is 2. The van der Waals surface area contributed by atoms with Gasteiger partial charge in [-0.05, 0) is 62.0 Å². The summed E-state index contributed by atoms with van der Waals surface area (Å²) in [5.41, 5.74) is 2.69. The van der Waals surface area contributed by atoms with E-state index in [1.807, 2.05) is 30.3 Å². The van der Waals surface area contributed by atoms with Crippen LogP contribution >= 0.6 is 11.6 Å². The van der Waals surface area contributed by atoms with Gasteiger partial charge in [-0.15, -0.1) is 0 Å². The maximum Gasteiger partial charge on any atom is 2.00 e. The molecule has 4 rings (SSSR count). The van der Waals surface area contributed by atoms with Gasteiger partial charge in [0.15, 0.2) is 0 Å². The number of para-hydroxylation sites is 1. The molecule has 1 fully saturated rings. The summed E-state index contributed by atoms with van der Waals surface area (Å²) in [7, 11) is 0. The molecule has 1 aliphatic rings. The van der Waals surface area contributed by atoms with E-state index in [1.54, 1.807) is 48.5 Å². The standard InChI is InChI=1S/C31H34ClN3O4.Ni/c32-24-15-13-22(14-16-24)25(17-20-36)30(31(38)39)34-29(23-9-3-1-4-10-23)26-11-5-6-12-27(26)33-28(37)21-35-18-7-2-8-19-35;/h1,3-6,9-16,25,30,36H,2,7-8,17-21H2,(H,33,37)(H,38,39);/q;+2/p-2/t25-,30-;/m0./s1. The van der Waals surface area contributed by atoms with Crippen molar-refractivity contribution in [2.24, 2.45) is 9.98 Å². The van der Waals surface area contributed by atoms with E-state index in [0.717, 1.165) is 25.9 Å². The molecule has 3 aromatic rings. The molecular weight excluding hydrogens is 573 g/mol. The summed E-state index contributed by atoms with van der Waals surface area (Å²) in [6.07, 6.45) is 3.48. The van der Waals surface area contributed by atoms with Crippen molar-refractivity contribution in [3.05, 3.63) is 101 Å². The van der Waals surface area contributed by atoms with Crippen molar-refractivity contribution in [2.45, 2.75) is 37.6 Å². The molecule has 1 aliphatic heterocycles. The molecule has 7 nitrogen and oxygen atoms in total. The first kappa shape index (κ1) is 31.5. The molecule has 0 aromatic heterocycles. The van der Waals surface area contributed by atoms with Crippen molar-refractivity contribution < 1.29 is 36.6 Å². The van der Waals surface area contributed by atoms with E-state index in [-0.39, 0.29) is 42.0 Å². The zero-order valence-electron chi connectivity index (χ0n) is 22.0. The molecule has 2 atom stereocenters. The number of carboxylic acids is 1. The van der Waals surface area contributed by atoms with Gasteiger partial charge in [0, 0.05) is 35.2 Å². The van der Waals surface area contributed by atoms with Gasteiger partial charge in [-0.3, -0.25) is 14.9 Å². The van der Waals surface area contributed by atoms with Crippen LogP contribution in [0.4, 0.5) is 5.69 Å². The Morgan fingerprint density at radius 1 is 0.925 bits per heavy atom. The van der Waals surface area contributed by atoms with Gasteiger partial charge in [-0.25, -0.2) is 0 Å². The van der Waals surface area contributed by atoms with Gasteiger partial charge in [0.25, 0.3) is 0 Å². The quantitative estimate of drug-likeness (QED) is 0.205. The van der Waals surface area contributed by atoms with Crippen LogP contribution in [0.5, 0.6) is 0 Å². The fraction of sp³-hybridized carbons (Fsp3) is 0.323. The number of rotatable bonds is 11. The van der Waals surface area contributed by atoms with Crippen molar-refractivity contribution in [1.29, 1.82) is 0 Å². The first-order valence-electron chi connectivity index (χ1n) is 13.2. The zero-order valence-corrected chi connectivity index (χ0v) is 23.8. The Bertz CT molecular complexity index is 1300. The SMILES string of the molecule is O=C([O-])[C@@H](N=C(c1ccccc1)c1ccccc1N=C([O-])CN1CCCCC1)[C@@H](CCO)c1ccc(Cl)cc1.[Ni+2]. The van der Waals surface area contributed by atoms with Crippen LogP contribution in [0.1, 0.15) is 48.3 Å². The monoisotopic (exact) mass is 603 g/mol. The number of piperidine rings is 1.